The first-order valence-electron chi connectivity index (χ1n) is 11.1. The highest BCUT2D eigenvalue weighted by molar-refractivity contribution is 7.93. The van der Waals surface area contributed by atoms with Crippen LogP contribution in [0.25, 0.3) is 0 Å². The maximum atomic E-state index is 13.8. The van der Waals surface area contributed by atoms with Gasteiger partial charge in [-0.3, -0.25) is 4.72 Å². The molecule has 8 heteroatoms. The lowest BCUT2D eigenvalue weighted by atomic mass is 9.99. The molecule has 1 atom stereocenters. The summed E-state index contributed by atoms with van der Waals surface area (Å²) >= 11 is 5.73. The molecule has 0 fully saturated rings. The van der Waals surface area contributed by atoms with Crippen LogP contribution in [0.1, 0.15) is 39.8 Å². The largest absolute Gasteiger partial charge is 0.463 e. The van der Waals surface area contributed by atoms with E-state index in [2.05, 4.69) is 4.74 Å². The number of benzene rings is 1. The number of carbonyl (C=O) groups is 1. The zero-order valence-corrected chi connectivity index (χ0v) is 13.2. The molecule has 0 aliphatic heterocycles. The number of nitrogens with one attached hydrogen (secondary N) is 1. The first-order valence-corrected chi connectivity index (χ1v) is 7.96. The second kappa shape index (κ2) is 7.31. The van der Waals surface area contributed by atoms with E-state index in [0.29, 0.717) is 0 Å². The normalized spacial score (nSPS) is 34.3. The van der Waals surface area contributed by atoms with Gasteiger partial charge in [0.2, 0.25) is 10.0 Å². The fourth-order valence-electron chi connectivity index (χ4n) is 1.52. The van der Waals surface area contributed by atoms with Gasteiger partial charge in [0, 0.05) is 8.22 Å². The standard InChI is InChI=1S/C15H17ClFNO4S/c1-2-22-15(19)11-5-3-4-6-14(11)23(20,21)18-13-8-7-10(17)9-12(13)16/h5,7-9,14,18H,2-4,6H2,1H3/t14-/m1/s1/i3D2,4D2,6D2,7D,8D,9D,14D. The molecule has 5 nitrogen and oxygen atoms in total. The van der Waals surface area contributed by atoms with Gasteiger partial charge in [0.1, 0.15) is 11.0 Å². The number of halogens is 2. The summed E-state index contributed by atoms with van der Waals surface area (Å²) in [4.78, 5) is 12.5. The zero-order chi connectivity index (χ0) is 25.9. The summed E-state index contributed by atoms with van der Waals surface area (Å²) in [6, 6.07) is -3.62. The molecule has 1 aromatic rings. The molecule has 1 N–H and O–H groups in total. The molecule has 23 heavy (non-hydrogen) atoms. The molecule has 0 bridgehead atoms. The van der Waals surface area contributed by atoms with Crippen molar-refractivity contribution >= 4 is 33.3 Å². The highest BCUT2D eigenvalue weighted by Gasteiger charge is 2.35. The van der Waals surface area contributed by atoms with Crippen LogP contribution in [-0.2, 0) is 19.6 Å². The van der Waals surface area contributed by atoms with Crippen LogP contribution in [0.15, 0.2) is 29.8 Å². The van der Waals surface area contributed by atoms with Crippen LogP contribution in [0, 0.1) is 5.82 Å². The number of rotatable bonds is 5. The van der Waals surface area contributed by atoms with Crippen molar-refractivity contribution in [2.24, 2.45) is 0 Å². The molecular weight excluding hydrogens is 345 g/mol. The Balaban J connectivity index is 2.89. The molecule has 0 unspecified atom stereocenters. The molecule has 0 amide bonds. The SMILES string of the molecule is [2H]c1c([2H])c(NS(=O)(=O)[C@@]2([2H])C(C(=O)OCC)=CC([2H])([2H])C([2H])([2H])C2([2H])[2H])c(Cl)c([2H])c1F. The predicted molar refractivity (Wildman–Crippen MR) is 86.3 cm³/mol. The lowest BCUT2D eigenvalue weighted by Gasteiger charge is -2.24. The number of esters is 1. The fourth-order valence-corrected chi connectivity index (χ4v) is 2.90. The van der Waals surface area contributed by atoms with Crippen molar-refractivity contribution in [3.63, 3.8) is 0 Å². The van der Waals surface area contributed by atoms with E-state index in [9.17, 15) is 17.6 Å². The molecule has 0 spiro atoms. The number of allylic oxidation sites excluding steroid dienone is 1. The third-order valence-corrected chi connectivity index (χ3v) is 4.06. The molecule has 0 saturated carbocycles. The Bertz CT molecular complexity index is 1130. The van der Waals surface area contributed by atoms with Gasteiger partial charge in [-0.2, -0.15) is 0 Å². The van der Waals surface area contributed by atoms with E-state index in [0.717, 1.165) is 0 Å². The first-order chi connectivity index (χ1) is 14.7. The molecule has 1 aliphatic rings. The monoisotopic (exact) mass is 371 g/mol. The van der Waals surface area contributed by atoms with Crippen LogP contribution in [0.4, 0.5) is 10.1 Å². The van der Waals surface area contributed by atoms with Crippen LogP contribution in [0.3, 0.4) is 0 Å². The molecule has 126 valence electrons. The molecule has 1 aliphatic carbocycles. The average molecular weight is 372 g/mol. The minimum atomic E-state index is -5.70. The van der Waals surface area contributed by atoms with E-state index in [-0.39, 0.29) is 12.7 Å². The second-order valence-electron chi connectivity index (χ2n) is 3.99. The van der Waals surface area contributed by atoms with E-state index in [1.165, 1.54) is 11.6 Å². The van der Waals surface area contributed by atoms with Crippen molar-refractivity contribution in [3.8, 4) is 0 Å². The maximum Gasteiger partial charge on any atom is 0.335 e. The Labute approximate surface area is 153 Å². The summed E-state index contributed by atoms with van der Waals surface area (Å²) in [6.07, 6.45) is -10.8. The minimum Gasteiger partial charge on any atom is -0.463 e. The summed E-state index contributed by atoms with van der Waals surface area (Å²) in [5.41, 5.74) is -2.49. The van der Waals surface area contributed by atoms with Crippen LogP contribution in [-0.4, -0.2) is 26.2 Å². The summed E-state index contributed by atoms with van der Waals surface area (Å²) in [7, 11) is -5.70. The van der Waals surface area contributed by atoms with Gasteiger partial charge >= 0.3 is 5.97 Å². The molecule has 2 rings (SSSR count). The van der Waals surface area contributed by atoms with Crippen LogP contribution < -0.4 is 4.72 Å². The zero-order valence-electron chi connectivity index (χ0n) is 21.6. The molecule has 1 aromatic carbocycles. The van der Waals surface area contributed by atoms with E-state index < -0.39 is 80.6 Å². The number of carbonyl (C=O) groups excluding carboxylic acids is 1. The number of ether oxygens (including phenoxy) is 1. The molecule has 0 radical (unpaired) electrons. The molecule has 0 heterocycles. The van der Waals surface area contributed by atoms with Crippen LogP contribution in [0.2, 0.25) is 5.02 Å². The van der Waals surface area contributed by atoms with Crippen LogP contribution in [0.5, 0.6) is 0 Å². The number of hydrogen-bond donors (Lipinski definition) is 1. The van der Waals surface area contributed by atoms with Crippen molar-refractivity contribution in [2.75, 3.05) is 11.3 Å². The number of sulfonamides is 1. The summed E-state index contributed by atoms with van der Waals surface area (Å²) < 4.78 is 125. The number of anilines is 1. The Morgan fingerprint density at radius 3 is 3.09 bits per heavy atom. The van der Waals surface area contributed by atoms with Gasteiger partial charge in [-0.15, -0.1) is 0 Å². The van der Waals surface area contributed by atoms with E-state index in [4.69, 9.17) is 25.3 Å². The fraction of sp³-hybridized carbons (Fsp3) is 0.400. The quantitative estimate of drug-likeness (QED) is 0.806. The van der Waals surface area contributed by atoms with Crippen molar-refractivity contribution in [1.82, 2.24) is 0 Å². The summed E-state index contributed by atoms with van der Waals surface area (Å²) in [5.74, 6) is -3.18. The Hall–Kier alpha value is -1.60. The minimum absolute atomic E-state index is 0.137. The Morgan fingerprint density at radius 2 is 2.39 bits per heavy atom. The van der Waals surface area contributed by atoms with Crippen molar-refractivity contribution < 1.29 is 36.0 Å². The second-order valence-corrected chi connectivity index (χ2v) is 5.98. The maximum absolute atomic E-state index is 13.8. The number of hydrogen-bond acceptors (Lipinski definition) is 4. The van der Waals surface area contributed by atoms with E-state index >= 15 is 0 Å². The summed E-state index contributed by atoms with van der Waals surface area (Å²) in [6.45, 7) is 0.905. The highest BCUT2D eigenvalue weighted by atomic mass is 35.5. The Morgan fingerprint density at radius 1 is 1.65 bits per heavy atom. The van der Waals surface area contributed by atoms with Gasteiger partial charge in [-0.25, -0.2) is 17.6 Å². The smallest absolute Gasteiger partial charge is 0.335 e. The molecule has 0 aromatic heterocycles. The molecule has 0 saturated heterocycles. The van der Waals surface area contributed by atoms with Gasteiger partial charge < -0.3 is 4.74 Å². The highest BCUT2D eigenvalue weighted by Crippen LogP contribution is 2.30. The van der Waals surface area contributed by atoms with Crippen molar-refractivity contribution in [2.45, 2.75) is 31.3 Å². The lowest BCUT2D eigenvalue weighted by molar-refractivity contribution is -0.138. The van der Waals surface area contributed by atoms with Gasteiger partial charge in [0.25, 0.3) is 0 Å². The van der Waals surface area contributed by atoms with Gasteiger partial charge in [-0.1, -0.05) is 17.7 Å². The van der Waals surface area contributed by atoms with Crippen molar-refractivity contribution in [1.29, 1.82) is 0 Å². The average Bonchev–Trinajstić information content (AvgIpc) is 2.70. The van der Waals surface area contributed by atoms with E-state index in [1.54, 1.807) is 0 Å². The van der Waals surface area contributed by atoms with E-state index in [1.807, 2.05) is 0 Å². The lowest BCUT2D eigenvalue weighted by Crippen LogP contribution is -2.34. The predicted octanol–water partition coefficient (Wildman–Crippen LogP) is 3.26. The molecular formula is C15H17ClFNO4S. The summed E-state index contributed by atoms with van der Waals surface area (Å²) in [5, 5.41) is -4.94. The third-order valence-electron chi connectivity index (χ3n) is 2.45. The van der Waals surface area contributed by atoms with Gasteiger partial charge in [-0.05, 0) is 44.2 Å². The Kier molecular flexibility index (Phi) is 2.70. The van der Waals surface area contributed by atoms with Gasteiger partial charge in [0.15, 0.2) is 0 Å². The van der Waals surface area contributed by atoms with Crippen LogP contribution >= 0.6 is 11.6 Å². The topological polar surface area (TPSA) is 72.5 Å². The third kappa shape index (κ3) is 4.23. The first kappa shape index (κ1) is 8.48. The van der Waals surface area contributed by atoms with Gasteiger partial charge in [0.05, 0.1) is 28.4 Å². The van der Waals surface area contributed by atoms with Crippen molar-refractivity contribution in [3.05, 3.63) is 40.6 Å².